The van der Waals surface area contributed by atoms with Crippen LogP contribution in [0.25, 0.3) is 0 Å². The van der Waals surface area contributed by atoms with Gasteiger partial charge in [0.2, 0.25) is 0 Å². The second-order valence-corrected chi connectivity index (χ2v) is 5.85. The molecular formula is C17H19N5O3. The van der Waals surface area contributed by atoms with Crippen LogP contribution in [0.15, 0.2) is 42.6 Å². The van der Waals surface area contributed by atoms with Crippen molar-refractivity contribution in [3.63, 3.8) is 0 Å². The number of amides is 1. The molecule has 0 saturated carbocycles. The van der Waals surface area contributed by atoms with Gasteiger partial charge in [-0.05, 0) is 24.6 Å². The molecule has 0 spiro atoms. The van der Waals surface area contributed by atoms with Gasteiger partial charge in [-0.15, -0.1) is 0 Å². The predicted octanol–water partition coefficient (Wildman–Crippen LogP) is 1.92. The molecule has 3 rings (SSSR count). The van der Waals surface area contributed by atoms with Crippen LogP contribution in [0.1, 0.15) is 16.8 Å². The molecule has 1 aliphatic rings. The lowest BCUT2D eigenvalue weighted by atomic mass is 10.1. The number of nitrogens with two attached hydrogens (primary N) is 1. The summed E-state index contributed by atoms with van der Waals surface area (Å²) in [6, 6.07) is 9.69. The number of carbonyl (C=O) groups excluding carboxylic acids is 1. The molecular weight excluding hydrogens is 322 g/mol. The first-order valence-corrected chi connectivity index (χ1v) is 8.05. The summed E-state index contributed by atoms with van der Waals surface area (Å²) in [6.07, 6.45) is 2.53. The summed E-state index contributed by atoms with van der Waals surface area (Å²) in [7, 11) is 0. The summed E-state index contributed by atoms with van der Waals surface area (Å²) in [5.41, 5.74) is 6.16. The number of anilines is 2. The molecule has 1 saturated heterocycles. The summed E-state index contributed by atoms with van der Waals surface area (Å²) in [6.45, 7) is 2.53. The minimum absolute atomic E-state index is 0.137. The highest BCUT2D eigenvalue weighted by Crippen LogP contribution is 2.22. The summed E-state index contributed by atoms with van der Waals surface area (Å²) >= 11 is 0. The SMILES string of the molecule is Nc1ccc([N+](=O)[O-])cc1C(=O)N1CCCN(c2ccccn2)CC1. The van der Waals surface area contributed by atoms with Gasteiger partial charge in [-0.2, -0.15) is 0 Å². The molecule has 1 amide bonds. The Morgan fingerprint density at radius 2 is 2.00 bits per heavy atom. The van der Waals surface area contributed by atoms with Gasteiger partial charge in [0.25, 0.3) is 11.6 Å². The normalized spacial score (nSPS) is 14.9. The lowest BCUT2D eigenvalue weighted by molar-refractivity contribution is -0.384. The zero-order valence-corrected chi connectivity index (χ0v) is 13.7. The van der Waals surface area contributed by atoms with Crippen molar-refractivity contribution in [3.8, 4) is 0 Å². The first-order chi connectivity index (χ1) is 12.1. The van der Waals surface area contributed by atoms with Gasteiger partial charge >= 0.3 is 0 Å². The molecule has 0 bridgehead atoms. The zero-order valence-electron chi connectivity index (χ0n) is 13.7. The molecule has 0 unspecified atom stereocenters. The van der Waals surface area contributed by atoms with Crippen LogP contribution in [0, 0.1) is 10.1 Å². The molecule has 1 fully saturated rings. The van der Waals surface area contributed by atoms with Gasteiger partial charge in [-0.25, -0.2) is 4.98 Å². The molecule has 2 N–H and O–H groups in total. The Kier molecular flexibility index (Phi) is 4.78. The number of pyridine rings is 1. The molecule has 0 radical (unpaired) electrons. The van der Waals surface area contributed by atoms with Crippen molar-refractivity contribution in [1.82, 2.24) is 9.88 Å². The zero-order chi connectivity index (χ0) is 17.8. The van der Waals surface area contributed by atoms with Crippen LogP contribution in [0.3, 0.4) is 0 Å². The van der Waals surface area contributed by atoms with E-state index >= 15 is 0 Å². The highest BCUT2D eigenvalue weighted by Gasteiger charge is 2.24. The molecule has 25 heavy (non-hydrogen) atoms. The lowest BCUT2D eigenvalue weighted by Gasteiger charge is -2.23. The molecule has 2 heterocycles. The first-order valence-electron chi connectivity index (χ1n) is 8.05. The molecule has 1 aliphatic heterocycles. The molecule has 1 aromatic heterocycles. The van der Waals surface area contributed by atoms with Crippen molar-refractivity contribution in [2.24, 2.45) is 0 Å². The maximum Gasteiger partial charge on any atom is 0.270 e. The van der Waals surface area contributed by atoms with Crippen molar-refractivity contribution < 1.29 is 9.72 Å². The van der Waals surface area contributed by atoms with Crippen LogP contribution in [0.4, 0.5) is 17.2 Å². The summed E-state index contributed by atoms with van der Waals surface area (Å²) in [5.74, 6) is 0.607. The van der Waals surface area contributed by atoms with Crippen LogP contribution in [-0.4, -0.2) is 46.9 Å². The second-order valence-electron chi connectivity index (χ2n) is 5.85. The second kappa shape index (κ2) is 7.16. The Labute approximate surface area is 145 Å². The summed E-state index contributed by atoms with van der Waals surface area (Å²) < 4.78 is 0. The van der Waals surface area contributed by atoms with Gasteiger partial charge in [0.15, 0.2) is 0 Å². The molecule has 8 nitrogen and oxygen atoms in total. The summed E-state index contributed by atoms with van der Waals surface area (Å²) in [5, 5.41) is 10.9. The predicted molar refractivity (Wildman–Crippen MR) is 94.5 cm³/mol. The van der Waals surface area contributed by atoms with Gasteiger partial charge in [-0.1, -0.05) is 6.07 Å². The summed E-state index contributed by atoms with van der Waals surface area (Å²) in [4.78, 5) is 31.4. The van der Waals surface area contributed by atoms with Crippen molar-refractivity contribution in [3.05, 3.63) is 58.3 Å². The van der Waals surface area contributed by atoms with E-state index in [1.54, 1.807) is 11.1 Å². The van der Waals surface area contributed by atoms with Crippen molar-refractivity contribution >= 4 is 23.1 Å². The number of benzene rings is 1. The molecule has 8 heteroatoms. The highest BCUT2D eigenvalue weighted by molar-refractivity contribution is 5.99. The van der Waals surface area contributed by atoms with E-state index < -0.39 is 4.92 Å². The smallest absolute Gasteiger partial charge is 0.270 e. The molecule has 0 aliphatic carbocycles. The van der Waals surface area contributed by atoms with Gasteiger partial charge in [0, 0.05) is 50.2 Å². The van der Waals surface area contributed by atoms with Crippen LogP contribution in [-0.2, 0) is 0 Å². The van der Waals surface area contributed by atoms with Gasteiger partial charge in [-0.3, -0.25) is 14.9 Å². The molecule has 1 aromatic carbocycles. The van der Waals surface area contributed by atoms with Crippen molar-refractivity contribution in [1.29, 1.82) is 0 Å². The largest absolute Gasteiger partial charge is 0.398 e. The van der Waals surface area contributed by atoms with Crippen LogP contribution in [0.5, 0.6) is 0 Å². The van der Waals surface area contributed by atoms with Crippen LogP contribution >= 0.6 is 0 Å². The Bertz CT molecular complexity index is 781. The van der Waals surface area contributed by atoms with Crippen LogP contribution < -0.4 is 10.6 Å². The van der Waals surface area contributed by atoms with E-state index in [4.69, 9.17) is 5.73 Å². The van der Waals surface area contributed by atoms with E-state index in [2.05, 4.69) is 9.88 Å². The Hall–Kier alpha value is -3.16. The number of hydrogen-bond acceptors (Lipinski definition) is 6. The first kappa shape index (κ1) is 16.7. The van der Waals surface area contributed by atoms with Gasteiger partial charge in [0.1, 0.15) is 5.82 Å². The van der Waals surface area contributed by atoms with Crippen molar-refractivity contribution in [2.75, 3.05) is 36.8 Å². The lowest BCUT2D eigenvalue weighted by Crippen LogP contribution is -2.35. The Morgan fingerprint density at radius 1 is 1.16 bits per heavy atom. The number of nitro benzene ring substituents is 1. The number of rotatable bonds is 3. The number of non-ortho nitro benzene ring substituents is 1. The number of aromatic nitrogens is 1. The van der Waals surface area contributed by atoms with E-state index in [0.29, 0.717) is 19.6 Å². The third-order valence-corrected chi connectivity index (χ3v) is 4.23. The molecule has 2 aromatic rings. The fourth-order valence-electron chi connectivity index (χ4n) is 2.90. The number of nitro groups is 1. The quantitative estimate of drug-likeness (QED) is 0.519. The number of hydrogen-bond donors (Lipinski definition) is 1. The van der Waals surface area contributed by atoms with E-state index in [1.165, 1.54) is 18.2 Å². The third kappa shape index (κ3) is 3.68. The standard InChI is InChI=1S/C17H19N5O3/c18-15-6-5-13(22(24)25)12-14(15)17(23)21-9-3-8-20(10-11-21)16-4-1-2-7-19-16/h1-2,4-7,12H,3,8-11,18H2. The monoisotopic (exact) mass is 341 g/mol. The minimum Gasteiger partial charge on any atom is -0.398 e. The maximum absolute atomic E-state index is 12.8. The van der Waals surface area contributed by atoms with Crippen molar-refractivity contribution in [2.45, 2.75) is 6.42 Å². The maximum atomic E-state index is 12.8. The highest BCUT2D eigenvalue weighted by atomic mass is 16.6. The van der Waals surface area contributed by atoms with Crippen LogP contribution in [0.2, 0.25) is 0 Å². The molecule has 130 valence electrons. The molecule has 0 atom stereocenters. The fraction of sp³-hybridized carbons (Fsp3) is 0.294. The van der Waals surface area contributed by atoms with E-state index in [-0.39, 0.29) is 22.8 Å². The Morgan fingerprint density at radius 3 is 2.72 bits per heavy atom. The van der Waals surface area contributed by atoms with Gasteiger partial charge in [0.05, 0.1) is 10.5 Å². The Balaban J connectivity index is 1.75. The van der Waals surface area contributed by atoms with E-state index in [1.807, 2.05) is 18.2 Å². The third-order valence-electron chi connectivity index (χ3n) is 4.23. The van der Waals surface area contributed by atoms with Gasteiger partial charge < -0.3 is 15.5 Å². The fourth-order valence-corrected chi connectivity index (χ4v) is 2.90. The van der Waals surface area contributed by atoms with E-state index in [9.17, 15) is 14.9 Å². The average molecular weight is 341 g/mol. The minimum atomic E-state index is -0.526. The number of carbonyl (C=O) groups is 1. The topological polar surface area (TPSA) is 106 Å². The number of nitrogens with zero attached hydrogens (tertiary/aromatic N) is 4. The van der Waals surface area contributed by atoms with E-state index in [0.717, 1.165) is 18.8 Å². The average Bonchev–Trinajstić information content (AvgIpc) is 2.88. The number of nitrogen functional groups attached to an aromatic ring is 1.